The zero-order valence-electron chi connectivity index (χ0n) is 13.0. The Labute approximate surface area is 150 Å². The predicted molar refractivity (Wildman–Crippen MR) is 89.0 cm³/mol. The van der Waals surface area contributed by atoms with E-state index in [1.807, 2.05) is 0 Å². The van der Waals surface area contributed by atoms with Crippen LogP contribution in [0.1, 0.15) is 11.1 Å². The molecule has 6 nitrogen and oxygen atoms in total. The minimum Gasteiger partial charge on any atom is -0.445 e. The third kappa shape index (κ3) is 3.94. The van der Waals surface area contributed by atoms with Crippen molar-refractivity contribution in [3.05, 3.63) is 52.5 Å². The minimum atomic E-state index is -4.49. The smallest absolute Gasteiger partial charge is 0.416 e. The van der Waals surface area contributed by atoms with Crippen LogP contribution in [-0.2, 0) is 12.7 Å². The number of aliphatic hydroxyl groups excluding tert-OH is 1. The zero-order valence-corrected chi connectivity index (χ0v) is 13.8. The average Bonchev–Trinajstić information content (AvgIpc) is 2.94. The first kappa shape index (κ1) is 18.2. The third-order valence-corrected chi connectivity index (χ3v) is 3.95. The lowest BCUT2D eigenvalue weighted by molar-refractivity contribution is -0.137. The predicted octanol–water partition coefficient (Wildman–Crippen LogP) is 3.76. The summed E-state index contributed by atoms with van der Waals surface area (Å²) in [5.74, 6) is 0.376. The van der Waals surface area contributed by atoms with Gasteiger partial charge in [0.15, 0.2) is 0 Å². The van der Waals surface area contributed by atoms with E-state index < -0.39 is 24.2 Å². The van der Waals surface area contributed by atoms with Crippen molar-refractivity contribution in [1.82, 2.24) is 5.32 Å². The fourth-order valence-corrected chi connectivity index (χ4v) is 2.61. The number of alkyl halides is 3. The lowest BCUT2D eigenvalue weighted by atomic mass is 10.1. The van der Waals surface area contributed by atoms with Crippen LogP contribution in [0, 0.1) is 0 Å². The molecule has 1 aliphatic heterocycles. The highest BCUT2D eigenvalue weighted by Gasteiger charge is 2.30. The molecular weight excluding hydrogens is 375 g/mol. The van der Waals surface area contributed by atoms with Gasteiger partial charge in [-0.1, -0.05) is 23.7 Å². The summed E-state index contributed by atoms with van der Waals surface area (Å²) < 4.78 is 42.9. The number of fused-ring (bicyclic) bond motifs is 1. The number of hydrogen-bond donors (Lipinski definition) is 4. The number of benzene rings is 2. The van der Waals surface area contributed by atoms with Gasteiger partial charge in [0.1, 0.15) is 11.4 Å². The zero-order chi connectivity index (χ0) is 18.9. The van der Waals surface area contributed by atoms with Gasteiger partial charge < -0.3 is 25.8 Å². The number of para-hydroxylation sites is 1. The molecule has 0 aliphatic carbocycles. The van der Waals surface area contributed by atoms with Gasteiger partial charge in [-0.25, -0.2) is 4.79 Å². The molecule has 10 heteroatoms. The van der Waals surface area contributed by atoms with Crippen LogP contribution in [-0.4, -0.2) is 17.6 Å². The van der Waals surface area contributed by atoms with E-state index in [0.717, 1.165) is 12.1 Å². The van der Waals surface area contributed by atoms with Crippen LogP contribution in [0.25, 0.3) is 0 Å². The van der Waals surface area contributed by atoms with Gasteiger partial charge in [0.2, 0.25) is 0 Å². The van der Waals surface area contributed by atoms with Crippen molar-refractivity contribution >= 4 is 29.0 Å². The Morgan fingerprint density at radius 3 is 2.77 bits per heavy atom. The number of carbonyl (C=O) groups excluding carboxylic acids is 1. The molecule has 26 heavy (non-hydrogen) atoms. The molecule has 1 aliphatic rings. The second-order valence-electron chi connectivity index (χ2n) is 5.40. The van der Waals surface area contributed by atoms with E-state index in [9.17, 15) is 23.1 Å². The number of rotatable bonds is 3. The van der Waals surface area contributed by atoms with Gasteiger partial charge in [-0.15, -0.1) is 0 Å². The molecule has 4 N–H and O–H groups in total. The summed E-state index contributed by atoms with van der Waals surface area (Å²) in [5.41, 5.74) is 0.267. The second-order valence-corrected chi connectivity index (χ2v) is 5.81. The molecule has 2 aromatic rings. The van der Waals surface area contributed by atoms with Crippen LogP contribution in [0.2, 0.25) is 5.02 Å². The highest BCUT2D eigenvalue weighted by molar-refractivity contribution is 6.31. The number of urea groups is 1. The van der Waals surface area contributed by atoms with E-state index in [1.165, 1.54) is 6.07 Å². The number of carbonyl (C=O) groups is 1. The Bertz CT molecular complexity index is 845. The molecule has 2 aromatic carbocycles. The first-order valence-corrected chi connectivity index (χ1v) is 7.76. The number of ether oxygens (including phenoxy) is 1. The highest BCUT2D eigenvalue weighted by atomic mass is 35.5. The fraction of sp³-hybridized carbons (Fsp3) is 0.188. The number of halogens is 4. The van der Waals surface area contributed by atoms with Crippen LogP contribution in [0.3, 0.4) is 0 Å². The Morgan fingerprint density at radius 2 is 2.08 bits per heavy atom. The normalized spacial score (nSPS) is 15.7. The number of nitrogens with one attached hydrogen (secondary N) is 3. The average molecular weight is 388 g/mol. The van der Waals surface area contributed by atoms with Gasteiger partial charge in [0.25, 0.3) is 6.41 Å². The maximum absolute atomic E-state index is 12.6. The summed E-state index contributed by atoms with van der Waals surface area (Å²) in [5, 5.41) is 17.0. The molecule has 1 atom stereocenters. The van der Waals surface area contributed by atoms with Gasteiger partial charge in [0.05, 0.1) is 11.3 Å². The molecule has 1 unspecified atom stereocenters. The molecule has 1 heterocycles. The maximum atomic E-state index is 12.6. The van der Waals surface area contributed by atoms with Crippen molar-refractivity contribution in [3.63, 3.8) is 0 Å². The Balaban J connectivity index is 1.63. The number of anilines is 2. The van der Waals surface area contributed by atoms with Crippen molar-refractivity contribution in [2.24, 2.45) is 0 Å². The minimum absolute atomic E-state index is 0.0651. The molecule has 3 rings (SSSR count). The van der Waals surface area contributed by atoms with E-state index in [1.54, 1.807) is 18.2 Å². The molecule has 0 bridgehead atoms. The molecule has 2 amide bonds. The molecule has 138 valence electrons. The molecule has 0 saturated carbocycles. The standard InChI is InChI=1S/C16H13ClF3N3O3/c17-10-6-9(16(18,19)20)5-4-8(10)7-21-14(24)22-11-2-1-3-12-13(11)23-15(25)26-12/h1-6,15,23,25H,7H2,(H2,21,22,24). The maximum Gasteiger partial charge on any atom is 0.416 e. The summed E-state index contributed by atoms with van der Waals surface area (Å²) in [4.78, 5) is 12.0. The largest absolute Gasteiger partial charge is 0.445 e. The first-order valence-electron chi connectivity index (χ1n) is 7.39. The first-order chi connectivity index (χ1) is 12.2. The summed E-state index contributed by atoms with van der Waals surface area (Å²) in [7, 11) is 0. The van der Waals surface area contributed by atoms with Crippen molar-refractivity contribution in [2.75, 3.05) is 10.6 Å². The van der Waals surface area contributed by atoms with Crippen LogP contribution in [0.15, 0.2) is 36.4 Å². The molecular formula is C16H13ClF3N3O3. The molecule has 0 saturated heterocycles. The lowest BCUT2D eigenvalue weighted by Gasteiger charge is -2.12. The summed E-state index contributed by atoms with van der Waals surface area (Å²) in [6.45, 7) is -0.0651. The molecule has 0 fully saturated rings. The van der Waals surface area contributed by atoms with Gasteiger partial charge in [-0.05, 0) is 29.8 Å². The van der Waals surface area contributed by atoms with E-state index in [-0.39, 0.29) is 11.6 Å². The number of amides is 2. The van der Waals surface area contributed by atoms with Crippen LogP contribution in [0.4, 0.5) is 29.3 Å². The van der Waals surface area contributed by atoms with Crippen molar-refractivity contribution in [3.8, 4) is 5.75 Å². The Morgan fingerprint density at radius 1 is 1.31 bits per heavy atom. The summed E-state index contributed by atoms with van der Waals surface area (Å²) >= 11 is 5.85. The van der Waals surface area contributed by atoms with Crippen LogP contribution >= 0.6 is 11.6 Å². The van der Waals surface area contributed by atoms with E-state index in [2.05, 4.69) is 16.0 Å². The quantitative estimate of drug-likeness (QED) is 0.646. The van der Waals surface area contributed by atoms with E-state index in [4.69, 9.17) is 16.3 Å². The number of aliphatic hydroxyl groups is 1. The molecule has 0 radical (unpaired) electrons. The topological polar surface area (TPSA) is 82.6 Å². The van der Waals surface area contributed by atoms with Crippen molar-refractivity contribution in [1.29, 1.82) is 0 Å². The van der Waals surface area contributed by atoms with Gasteiger partial charge in [-0.2, -0.15) is 13.2 Å². The van der Waals surface area contributed by atoms with Crippen LogP contribution in [0.5, 0.6) is 5.75 Å². The monoisotopic (exact) mass is 387 g/mol. The molecule has 0 aromatic heterocycles. The van der Waals surface area contributed by atoms with E-state index in [0.29, 0.717) is 22.7 Å². The molecule has 0 spiro atoms. The lowest BCUT2D eigenvalue weighted by Crippen LogP contribution is -2.28. The van der Waals surface area contributed by atoms with Gasteiger partial charge in [0, 0.05) is 11.6 Å². The summed E-state index contributed by atoms with van der Waals surface area (Å²) in [6.07, 6.45) is -5.69. The highest BCUT2D eigenvalue weighted by Crippen LogP contribution is 2.37. The Kier molecular flexibility index (Phi) is 4.84. The third-order valence-electron chi connectivity index (χ3n) is 3.60. The second kappa shape index (κ2) is 6.93. The Hall–Kier alpha value is -2.65. The van der Waals surface area contributed by atoms with Crippen molar-refractivity contribution < 1.29 is 27.8 Å². The fourth-order valence-electron chi connectivity index (χ4n) is 2.36. The van der Waals surface area contributed by atoms with Crippen LogP contribution < -0.4 is 20.7 Å². The van der Waals surface area contributed by atoms with Crippen molar-refractivity contribution in [2.45, 2.75) is 19.1 Å². The van der Waals surface area contributed by atoms with Gasteiger partial charge in [-0.3, -0.25) is 0 Å². The number of hydrogen-bond acceptors (Lipinski definition) is 4. The summed E-state index contributed by atoms with van der Waals surface area (Å²) in [6, 6.07) is 7.15. The van der Waals surface area contributed by atoms with Gasteiger partial charge >= 0.3 is 12.2 Å². The SMILES string of the molecule is O=C(NCc1ccc(C(F)(F)F)cc1Cl)Nc1cccc2c1NC(O)O2. The van der Waals surface area contributed by atoms with E-state index >= 15 is 0 Å².